The molecule has 8 heteroatoms. The number of carbonyl (C=O) groups is 2. The van der Waals surface area contributed by atoms with Gasteiger partial charge in [-0.2, -0.15) is 5.10 Å². The fraction of sp³-hybridized carbons (Fsp3) is 0.391. The maximum absolute atomic E-state index is 13.0. The number of hydrogen-bond donors (Lipinski definition) is 1. The Morgan fingerprint density at radius 3 is 2.42 bits per heavy atom. The minimum Gasteiger partial charge on any atom is -0.449 e. The number of nitrogens with one attached hydrogen (secondary N) is 1. The number of ether oxygens (including phenoxy) is 1. The van der Waals surface area contributed by atoms with Gasteiger partial charge in [0.2, 0.25) is 0 Å². The lowest BCUT2D eigenvalue weighted by atomic mass is 10.1. The zero-order valence-electron chi connectivity index (χ0n) is 18.3. The van der Waals surface area contributed by atoms with Crippen LogP contribution in [0.3, 0.4) is 0 Å². The van der Waals surface area contributed by atoms with Crippen LogP contribution in [0.15, 0.2) is 36.5 Å². The second-order valence-electron chi connectivity index (χ2n) is 8.06. The molecule has 0 spiro atoms. The van der Waals surface area contributed by atoms with Crippen molar-refractivity contribution in [2.45, 2.75) is 59.2 Å². The molecule has 31 heavy (non-hydrogen) atoms. The predicted octanol–water partition coefficient (Wildman–Crippen LogP) is 4.14. The standard InChI is InChI=1S/C23H27FN4O3/c1-13(2)20-10-18(19-12-26-28(14(3)4)21(19)27-20)23(30)31-15(5)22(29)25-11-16-6-8-17(24)9-7-16/h6-10,12-15H,11H2,1-5H3,(H,25,29)/t15-/m1/s1. The van der Waals surface area contributed by atoms with E-state index in [4.69, 9.17) is 4.74 Å². The van der Waals surface area contributed by atoms with Gasteiger partial charge in [-0.1, -0.05) is 26.0 Å². The second kappa shape index (κ2) is 9.24. The van der Waals surface area contributed by atoms with Gasteiger partial charge in [-0.05, 0) is 50.5 Å². The first-order valence-electron chi connectivity index (χ1n) is 10.3. The minimum atomic E-state index is -1.00. The SMILES string of the molecule is CC(C)c1cc(C(=O)O[C@H](C)C(=O)NCc2ccc(F)cc2)c2cnn(C(C)C)c2n1. The molecule has 7 nitrogen and oxygen atoms in total. The summed E-state index contributed by atoms with van der Waals surface area (Å²) in [5.74, 6) is -1.29. The molecule has 1 amide bonds. The Kier molecular flexibility index (Phi) is 6.68. The Balaban J connectivity index is 1.77. The molecule has 0 saturated carbocycles. The Hall–Kier alpha value is -3.29. The van der Waals surface area contributed by atoms with Crippen LogP contribution in [0.25, 0.3) is 11.0 Å². The van der Waals surface area contributed by atoms with E-state index in [0.29, 0.717) is 16.6 Å². The van der Waals surface area contributed by atoms with Crippen LogP contribution in [-0.2, 0) is 16.1 Å². The van der Waals surface area contributed by atoms with E-state index in [1.807, 2.05) is 27.7 Å². The van der Waals surface area contributed by atoms with Crippen LogP contribution in [0, 0.1) is 5.82 Å². The molecule has 0 bridgehead atoms. The van der Waals surface area contributed by atoms with Crippen molar-refractivity contribution < 1.29 is 18.7 Å². The van der Waals surface area contributed by atoms with E-state index in [1.165, 1.54) is 19.1 Å². The normalized spacial score (nSPS) is 12.4. The van der Waals surface area contributed by atoms with Crippen LogP contribution in [0.2, 0.25) is 0 Å². The monoisotopic (exact) mass is 426 g/mol. The Bertz CT molecular complexity index is 1090. The largest absolute Gasteiger partial charge is 0.449 e. The van der Waals surface area contributed by atoms with Crippen LogP contribution in [0.1, 0.15) is 68.2 Å². The molecule has 0 unspecified atom stereocenters. The number of aromatic nitrogens is 3. The van der Waals surface area contributed by atoms with Gasteiger partial charge in [-0.3, -0.25) is 4.79 Å². The summed E-state index contributed by atoms with van der Waals surface area (Å²) >= 11 is 0. The molecule has 2 aromatic heterocycles. The van der Waals surface area contributed by atoms with Crippen LogP contribution in [-0.4, -0.2) is 32.7 Å². The van der Waals surface area contributed by atoms with Crippen LogP contribution in [0.5, 0.6) is 0 Å². The van der Waals surface area contributed by atoms with Crippen molar-refractivity contribution in [3.05, 3.63) is 59.2 Å². The molecule has 3 aromatic rings. The molecule has 1 atom stereocenters. The molecule has 164 valence electrons. The van der Waals surface area contributed by atoms with Gasteiger partial charge in [-0.15, -0.1) is 0 Å². The van der Waals surface area contributed by atoms with Gasteiger partial charge in [0, 0.05) is 18.3 Å². The van der Waals surface area contributed by atoms with Crippen molar-refractivity contribution in [1.82, 2.24) is 20.1 Å². The van der Waals surface area contributed by atoms with E-state index in [2.05, 4.69) is 15.4 Å². The van der Waals surface area contributed by atoms with Crippen molar-refractivity contribution in [3.63, 3.8) is 0 Å². The maximum Gasteiger partial charge on any atom is 0.339 e. The van der Waals surface area contributed by atoms with E-state index in [-0.39, 0.29) is 24.3 Å². The molecule has 0 radical (unpaired) electrons. The molecule has 0 saturated heterocycles. The summed E-state index contributed by atoms with van der Waals surface area (Å²) in [6.07, 6.45) is 0.598. The van der Waals surface area contributed by atoms with Gasteiger partial charge in [0.15, 0.2) is 11.8 Å². The number of hydrogen-bond acceptors (Lipinski definition) is 5. The minimum absolute atomic E-state index is 0.0763. The van der Waals surface area contributed by atoms with Gasteiger partial charge in [0.05, 0.1) is 17.1 Å². The zero-order valence-corrected chi connectivity index (χ0v) is 18.3. The van der Waals surface area contributed by atoms with Crippen LogP contribution in [0.4, 0.5) is 4.39 Å². The number of esters is 1. The molecular formula is C23H27FN4O3. The lowest BCUT2D eigenvalue weighted by Gasteiger charge is -2.15. The molecule has 0 aliphatic rings. The molecule has 0 aliphatic heterocycles. The third-order valence-corrected chi connectivity index (χ3v) is 4.92. The summed E-state index contributed by atoms with van der Waals surface area (Å²) in [6, 6.07) is 7.59. The van der Waals surface area contributed by atoms with E-state index >= 15 is 0 Å². The summed E-state index contributed by atoms with van der Waals surface area (Å²) in [5.41, 5.74) is 2.43. The number of carbonyl (C=O) groups excluding carboxylic acids is 2. The fourth-order valence-corrected chi connectivity index (χ4v) is 3.09. The van der Waals surface area contributed by atoms with E-state index in [9.17, 15) is 14.0 Å². The second-order valence-corrected chi connectivity index (χ2v) is 8.06. The van der Waals surface area contributed by atoms with Crippen molar-refractivity contribution in [1.29, 1.82) is 0 Å². The molecule has 2 heterocycles. The highest BCUT2D eigenvalue weighted by Gasteiger charge is 2.23. The van der Waals surface area contributed by atoms with Gasteiger partial charge in [0.25, 0.3) is 5.91 Å². The Morgan fingerprint density at radius 2 is 1.81 bits per heavy atom. The number of benzene rings is 1. The molecule has 1 N–H and O–H groups in total. The summed E-state index contributed by atoms with van der Waals surface area (Å²) in [7, 11) is 0. The Morgan fingerprint density at radius 1 is 1.13 bits per heavy atom. The number of fused-ring (bicyclic) bond motifs is 1. The number of pyridine rings is 1. The maximum atomic E-state index is 13.0. The molecular weight excluding hydrogens is 399 g/mol. The fourth-order valence-electron chi connectivity index (χ4n) is 3.09. The molecule has 3 rings (SSSR count). The van der Waals surface area contributed by atoms with Gasteiger partial charge in [0.1, 0.15) is 5.82 Å². The zero-order chi connectivity index (χ0) is 22.7. The van der Waals surface area contributed by atoms with Crippen molar-refractivity contribution in [2.24, 2.45) is 0 Å². The highest BCUT2D eigenvalue weighted by molar-refractivity contribution is 6.03. The third kappa shape index (κ3) is 5.07. The predicted molar refractivity (Wildman–Crippen MR) is 115 cm³/mol. The first-order valence-corrected chi connectivity index (χ1v) is 10.3. The highest BCUT2D eigenvalue weighted by Crippen LogP contribution is 2.25. The summed E-state index contributed by atoms with van der Waals surface area (Å²) in [5, 5.41) is 7.64. The van der Waals surface area contributed by atoms with Crippen molar-refractivity contribution in [2.75, 3.05) is 0 Å². The Labute approximate surface area is 180 Å². The average Bonchev–Trinajstić information content (AvgIpc) is 3.16. The molecule has 0 fully saturated rings. The number of rotatable bonds is 7. The topological polar surface area (TPSA) is 86.1 Å². The van der Waals surface area contributed by atoms with Gasteiger partial charge in [-0.25, -0.2) is 18.9 Å². The summed E-state index contributed by atoms with van der Waals surface area (Å²) in [6.45, 7) is 9.68. The summed E-state index contributed by atoms with van der Waals surface area (Å²) < 4.78 is 20.2. The van der Waals surface area contributed by atoms with E-state index in [1.54, 1.807) is 29.1 Å². The first kappa shape index (κ1) is 22.4. The summed E-state index contributed by atoms with van der Waals surface area (Å²) in [4.78, 5) is 30.0. The van der Waals surface area contributed by atoms with Crippen molar-refractivity contribution >= 4 is 22.9 Å². The lowest BCUT2D eigenvalue weighted by molar-refractivity contribution is -0.129. The van der Waals surface area contributed by atoms with Crippen molar-refractivity contribution in [3.8, 4) is 0 Å². The number of halogens is 1. The quantitative estimate of drug-likeness (QED) is 0.574. The molecule has 1 aromatic carbocycles. The highest BCUT2D eigenvalue weighted by atomic mass is 19.1. The van der Waals surface area contributed by atoms with E-state index in [0.717, 1.165) is 11.3 Å². The van der Waals surface area contributed by atoms with Crippen LogP contribution >= 0.6 is 0 Å². The van der Waals surface area contributed by atoms with Crippen LogP contribution < -0.4 is 5.32 Å². The van der Waals surface area contributed by atoms with Gasteiger partial charge < -0.3 is 10.1 Å². The number of nitrogens with zero attached hydrogens (tertiary/aromatic N) is 3. The van der Waals surface area contributed by atoms with E-state index < -0.39 is 18.0 Å². The number of amides is 1. The third-order valence-electron chi connectivity index (χ3n) is 4.92. The van der Waals surface area contributed by atoms with Gasteiger partial charge >= 0.3 is 5.97 Å². The first-order chi connectivity index (χ1) is 14.7. The average molecular weight is 426 g/mol. The lowest BCUT2D eigenvalue weighted by Crippen LogP contribution is -2.35. The molecule has 0 aliphatic carbocycles. The smallest absolute Gasteiger partial charge is 0.339 e.